The molecule has 0 saturated heterocycles. The SMILES string of the molecule is O=C(O)C=CCCCCC1C(=O)CC(O)C1C(=O)Cc1cccc(-c2ccccc2)c1. The van der Waals surface area contributed by atoms with Crippen molar-refractivity contribution in [1.29, 1.82) is 0 Å². The van der Waals surface area contributed by atoms with E-state index in [-0.39, 0.29) is 24.4 Å². The number of carbonyl (C=O) groups is 3. The van der Waals surface area contributed by atoms with Gasteiger partial charge in [0.1, 0.15) is 11.6 Å². The highest BCUT2D eigenvalue weighted by molar-refractivity contribution is 5.95. The number of carboxylic acid groups (broad SMARTS) is 1. The van der Waals surface area contributed by atoms with Crippen LogP contribution in [0, 0.1) is 11.8 Å². The van der Waals surface area contributed by atoms with Crippen molar-refractivity contribution in [2.75, 3.05) is 0 Å². The lowest BCUT2D eigenvalue weighted by Gasteiger charge is -2.20. The van der Waals surface area contributed by atoms with Crippen molar-refractivity contribution in [2.45, 2.75) is 44.6 Å². The van der Waals surface area contributed by atoms with Crippen molar-refractivity contribution in [1.82, 2.24) is 0 Å². The van der Waals surface area contributed by atoms with Crippen molar-refractivity contribution >= 4 is 17.5 Å². The fraction of sp³-hybridized carbons (Fsp3) is 0.346. The maximum absolute atomic E-state index is 13.1. The molecule has 1 saturated carbocycles. The molecule has 31 heavy (non-hydrogen) atoms. The molecular weight excluding hydrogens is 392 g/mol. The third kappa shape index (κ3) is 6.22. The monoisotopic (exact) mass is 420 g/mol. The van der Waals surface area contributed by atoms with Gasteiger partial charge < -0.3 is 10.2 Å². The molecule has 2 aromatic carbocycles. The number of hydrogen-bond acceptors (Lipinski definition) is 4. The molecule has 3 unspecified atom stereocenters. The predicted molar refractivity (Wildman–Crippen MR) is 118 cm³/mol. The first-order valence-electron chi connectivity index (χ1n) is 10.7. The average Bonchev–Trinajstić information content (AvgIpc) is 3.04. The molecule has 5 heteroatoms. The molecule has 0 aliphatic heterocycles. The van der Waals surface area contributed by atoms with Crippen molar-refractivity contribution in [3.8, 4) is 11.1 Å². The Morgan fingerprint density at radius 2 is 1.74 bits per heavy atom. The average molecular weight is 421 g/mol. The smallest absolute Gasteiger partial charge is 0.327 e. The number of carbonyl (C=O) groups excluding carboxylic acids is 2. The van der Waals surface area contributed by atoms with Crippen molar-refractivity contribution in [3.05, 3.63) is 72.3 Å². The maximum Gasteiger partial charge on any atom is 0.327 e. The van der Waals surface area contributed by atoms with Crippen LogP contribution in [0.25, 0.3) is 11.1 Å². The van der Waals surface area contributed by atoms with E-state index in [1.165, 1.54) is 0 Å². The Morgan fingerprint density at radius 3 is 2.48 bits per heavy atom. The molecule has 5 nitrogen and oxygen atoms in total. The van der Waals surface area contributed by atoms with E-state index in [9.17, 15) is 19.5 Å². The van der Waals surface area contributed by atoms with E-state index in [2.05, 4.69) is 0 Å². The van der Waals surface area contributed by atoms with Gasteiger partial charge in [-0.05, 0) is 36.0 Å². The second-order valence-electron chi connectivity index (χ2n) is 8.10. The number of benzene rings is 2. The minimum Gasteiger partial charge on any atom is -0.478 e. The number of unbranched alkanes of at least 4 members (excludes halogenated alkanes) is 2. The van der Waals surface area contributed by atoms with E-state index >= 15 is 0 Å². The standard InChI is InChI=1S/C26H28O5/c27-22-17-24(29)26(21(22)13-6-1-2-7-14-25(30)31)23(28)16-18-9-8-12-20(15-18)19-10-4-3-5-11-19/h3-5,7-12,14-15,21,24,26,29H,1-2,6,13,16-17H2,(H,30,31). The van der Waals surface area contributed by atoms with E-state index in [1.54, 1.807) is 6.08 Å². The van der Waals surface area contributed by atoms with Gasteiger partial charge in [-0.25, -0.2) is 4.79 Å². The lowest BCUT2D eigenvalue weighted by molar-refractivity contribution is -0.131. The van der Waals surface area contributed by atoms with Crippen LogP contribution in [0.2, 0.25) is 0 Å². The zero-order chi connectivity index (χ0) is 22.2. The highest BCUT2D eigenvalue weighted by Crippen LogP contribution is 2.35. The fourth-order valence-electron chi connectivity index (χ4n) is 4.35. The number of aliphatic hydroxyl groups excluding tert-OH is 1. The van der Waals surface area contributed by atoms with Gasteiger partial charge in [0, 0.05) is 24.8 Å². The first kappa shape index (κ1) is 22.6. The second kappa shape index (κ2) is 10.8. The Hall–Kier alpha value is -3.05. The van der Waals surface area contributed by atoms with Crippen LogP contribution in [0.3, 0.4) is 0 Å². The summed E-state index contributed by atoms with van der Waals surface area (Å²) >= 11 is 0. The summed E-state index contributed by atoms with van der Waals surface area (Å²) in [5, 5.41) is 19.0. The summed E-state index contributed by atoms with van der Waals surface area (Å²) in [6.07, 6.45) is 4.60. The predicted octanol–water partition coefficient (Wildman–Crippen LogP) is 4.23. The topological polar surface area (TPSA) is 91.7 Å². The number of aliphatic carboxylic acids is 1. The Bertz CT molecular complexity index is 947. The van der Waals surface area contributed by atoms with E-state index in [0.29, 0.717) is 19.3 Å². The van der Waals surface area contributed by atoms with Gasteiger partial charge in [0.2, 0.25) is 0 Å². The van der Waals surface area contributed by atoms with Crippen LogP contribution in [-0.2, 0) is 20.8 Å². The minimum atomic E-state index is -0.976. The molecule has 3 rings (SSSR count). The van der Waals surface area contributed by atoms with Crippen LogP contribution < -0.4 is 0 Å². The zero-order valence-corrected chi connectivity index (χ0v) is 17.4. The van der Waals surface area contributed by atoms with Crippen molar-refractivity contribution in [3.63, 3.8) is 0 Å². The number of rotatable bonds is 10. The molecule has 0 bridgehead atoms. The molecule has 0 radical (unpaired) electrons. The molecule has 2 aromatic rings. The number of ketones is 2. The van der Waals surface area contributed by atoms with Crippen LogP contribution in [0.4, 0.5) is 0 Å². The third-order valence-electron chi connectivity index (χ3n) is 5.85. The van der Waals surface area contributed by atoms with Crippen LogP contribution >= 0.6 is 0 Å². The maximum atomic E-state index is 13.1. The number of carboxylic acids is 1. The number of Topliss-reactive ketones (excluding diaryl/α,β-unsaturated/α-hetero) is 2. The van der Waals surface area contributed by atoms with Gasteiger partial charge in [-0.1, -0.05) is 67.1 Å². The Balaban J connectivity index is 1.62. The van der Waals surface area contributed by atoms with Crippen molar-refractivity contribution < 1.29 is 24.6 Å². The van der Waals surface area contributed by atoms with Crippen LogP contribution in [0.5, 0.6) is 0 Å². The molecule has 0 aromatic heterocycles. The summed E-state index contributed by atoms with van der Waals surface area (Å²) < 4.78 is 0. The van der Waals surface area contributed by atoms with Gasteiger partial charge in [-0.2, -0.15) is 0 Å². The molecule has 1 aliphatic rings. The minimum absolute atomic E-state index is 0.0318. The van der Waals surface area contributed by atoms with Gasteiger partial charge >= 0.3 is 5.97 Å². The Morgan fingerprint density at radius 1 is 1.00 bits per heavy atom. The summed E-state index contributed by atoms with van der Waals surface area (Å²) in [5.74, 6) is -2.24. The summed E-state index contributed by atoms with van der Waals surface area (Å²) in [5.41, 5.74) is 2.97. The van der Waals surface area contributed by atoms with Crippen molar-refractivity contribution in [2.24, 2.45) is 11.8 Å². The molecule has 1 fully saturated rings. The van der Waals surface area contributed by atoms with Gasteiger partial charge in [0.25, 0.3) is 0 Å². The number of aliphatic hydroxyl groups is 1. The third-order valence-corrected chi connectivity index (χ3v) is 5.85. The molecule has 3 atom stereocenters. The summed E-state index contributed by atoms with van der Waals surface area (Å²) in [6.45, 7) is 0. The number of allylic oxidation sites excluding steroid dienone is 1. The van der Waals surface area contributed by atoms with Gasteiger partial charge in [-0.3, -0.25) is 9.59 Å². The van der Waals surface area contributed by atoms with Gasteiger partial charge in [-0.15, -0.1) is 0 Å². The summed E-state index contributed by atoms with van der Waals surface area (Å²) in [6, 6.07) is 17.7. The molecule has 0 heterocycles. The second-order valence-corrected chi connectivity index (χ2v) is 8.10. The molecular formula is C26H28O5. The lowest BCUT2D eigenvalue weighted by atomic mass is 9.84. The molecule has 2 N–H and O–H groups in total. The number of hydrogen-bond donors (Lipinski definition) is 2. The van der Waals surface area contributed by atoms with Crippen LogP contribution in [-0.4, -0.2) is 33.9 Å². The molecule has 162 valence electrons. The van der Waals surface area contributed by atoms with E-state index in [4.69, 9.17) is 5.11 Å². The zero-order valence-electron chi connectivity index (χ0n) is 17.4. The summed E-state index contributed by atoms with van der Waals surface area (Å²) in [4.78, 5) is 35.9. The van der Waals surface area contributed by atoms with Crippen LogP contribution in [0.15, 0.2) is 66.7 Å². The highest BCUT2D eigenvalue weighted by atomic mass is 16.4. The van der Waals surface area contributed by atoms with Crippen LogP contribution in [0.1, 0.15) is 37.7 Å². The van der Waals surface area contributed by atoms with E-state index < -0.39 is 23.9 Å². The first-order valence-corrected chi connectivity index (χ1v) is 10.7. The fourth-order valence-corrected chi connectivity index (χ4v) is 4.35. The van der Waals surface area contributed by atoms with Gasteiger partial charge in [0.05, 0.1) is 12.0 Å². The van der Waals surface area contributed by atoms with Gasteiger partial charge in [0.15, 0.2) is 0 Å². The summed E-state index contributed by atoms with van der Waals surface area (Å²) in [7, 11) is 0. The molecule has 0 amide bonds. The first-order chi connectivity index (χ1) is 15.0. The molecule has 1 aliphatic carbocycles. The molecule has 0 spiro atoms. The quantitative estimate of drug-likeness (QED) is 0.443. The van der Waals surface area contributed by atoms with E-state index in [0.717, 1.165) is 29.2 Å². The highest BCUT2D eigenvalue weighted by Gasteiger charge is 2.44. The largest absolute Gasteiger partial charge is 0.478 e. The normalized spacial score (nSPS) is 20.9. The Labute approximate surface area is 182 Å². The lowest BCUT2D eigenvalue weighted by Crippen LogP contribution is -2.30. The van der Waals surface area contributed by atoms with E-state index in [1.807, 2.05) is 54.6 Å². The Kier molecular flexibility index (Phi) is 7.90.